The second-order valence-electron chi connectivity index (χ2n) is 4.80. The Balaban J connectivity index is 1.58. The summed E-state index contributed by atoms with van der Waals surface area (Å²) in [6.07, 6.45) is 0. The van der Waals surface area contributed by atoms with E-state index in [-0.39, 0.29) is 17.6 Å². The molecule has 0 bridgehead atoms. The number of aromatic nitrogens is 2. The number of anilines is 1. The number of carbonyl (C=O) groups excluding carboxylic acids is 2. The molecule has 0 spiro atoms. The third kappa shape index (κ3) is 4.54. The lowest BCUT2D eigenvalue weighted by Crippen LogP contribution is -2.56. The van der Waals surface area contributed by atoms with Gasteiger partial charge in [0.1, 0.15) is 10.6 Å². The van der Waals surface area contributed by atoms with E-state index in [4.69, 9.17) is 4.42 Å². The minimum absolute atomic E-state index is 0.0879. The second kappa shape index (κ2) is 7.91. The summed E-state index contributed by atoms with van der Waals surface area (Å²) < 4.78 is 6.50. The lowest BCUT2D eigenvalue weighted by Gasteiger charge is -2.01. The van der Waals surface area contributed by atoms with Gasteiger partial charge in [0.2, 0.25) is 11.8 Å². The van der Waals surface area contributed by atoms with Crippen molar-refractivity contribution >= 4 is 55.8 Å². The maximum atomic E-state index is 12.0. The van der Waals surface area contributed by atoms with E-state index in [0.717, 1.165) is 21.8 Å². The van der Waals surface area contributed by atoms with Crippen LogP contribution in [0, 0.1) is 0 Å². The second-order valence-corrected chi connectivity index (χ2v) is 7.56. The zero-order valence-corrected chi connectivity index (χ0v) is 15.9. The number of quaternary nitrogens is 1. The van der Waals surface area contributed by atoms with Crippen molar-refractivity contribution in [2.75, 3.05) is 11.1 Å². The largest absolute Gasteiger partial charge is 0.411 e. The first-order chi connectivity index (χ1) is 12.0. The fourth-order valence-electron chi connectivity index (χ4n) is 1.89. The molecule has 4 N–H and O–H groups in total. The van der Waals surface area contributed by atoms with Crippen molar-refractivity contribution in [1.82, 2.24) is 10.2 Å². The zero-order chi connectivity index (χ0) is 17.8. The summed E-state index contributed by atoms with van der Waals surface area (Å²) in [6.45, 7) is 0. The molecule has 0 aliphatic rings. The fraction of sp³-hybridized carbons (Fsp3) is 0.0667. The van der Waals surface area contributed by atoms with E-state index in [1.165, 1.54) is 11.3 Å². The Bertz CT molecular complexity index is 908. The maximum absolute atomic E-state index is 12.0. The number of hydrogen-bond donors (Lipinski definition) is 2. The molecular weight excluding hydrogens is 428 g/mol. The van der Waals surface area contributed by atoms with Crippen LogP contribution < -0.4 is 11.1 Å². The Kier molecular flexibility index (Phi) is 5.63. The van der Waals surface area contributed by atoms with Crippen LogP contribution in [0.15, 0.2) is 49.8 Å². The normalized spacial score (nSPS) is 10.6. The van der Waals surface area contributed by atoms with Gasteiger partial charge >= 0.3 is 5.91 Å². The van der Waals surface area contributed by atoms with Gasteiger partial charge in [-0.25, -0.2) is 4.79 Å². The number of amides is 2. The Morgan fingerprint density at radius 3 is 2.72 bits per heavy atom. The van der Waals surface area contributed by atoms with Gasteiger partial charge < -0.3 is 9.73 Å². The average molecular weight is 440 g/mol. The summed E-state index contributed by atoms with van der Waals surface area (Å²) in [6, 6.07) is 9.09. The van der Waals surface area contributed by atoms with Crippen molar-refractivity contribution in [3.8, 4) is 11.5 Å². The SMILES string of the molecule is [NH3+]C(=O)c1ccsc1NC(=O)CSc1nnc(-c2ccc(Br)cc2)o1. The highest BCUT2D eigenvalue weighted by Crippen LogP contribution is 2.26. The Hall–Kier alpha value is -2.01. The predicted molar refractivity (Wildman–Crippen MR) is 98.3 cm³/mol. The molecule has 0 fully saturated rings. The van der Waals surface area contributed by atoms with E-state index in [2.05, 4.69) is 37.2 Å². The quantitative estimate of drug-likeness (QED) is 0.570. The number of halogens is 1. The van der Waals surface area contributed by atoms with Crippen molar-refractivity contribution in [3.05, 3.63) is 45.7 Å². The molecule has 0 aliphatic carbocycles. The molecule has 2 heterocycles. The molecule has 3 aromatic rings. The van der Waals surface area contributed by atoms with Gasteiger partial charge in [-0.1, -0.05) is 27.7 Å². The van der Waals surface area contributed by atoms with Gasteiger partial charge in [-0.05, 0) is 35.7 Å². The van der Waals surface area contributed by atoms with E-state index in [1.807, 2.05) is 24.3 Å². The van der Waals surface area contributed by atoms with E-state index < -0.39 is 0 Å². The predicted octanol–water partition coefficient (Wildman–Crippen LogP) is 2.67. The van der Waals surface area contributed by atoms with Crippen LogP contribution in [0.4, 0.5) is 5.00 Å². The zero-order valence-electron chi connectivity index (χ0n) is 12.7. The van der Waals surface area contributed by atoms with Crippen LogP contribution in [-0.4, -0.2) is 27.8 Å². The fourth-order valence-corrected chi connectivity index (χ4v) is 3.54. The Morgan fingerprint density at radius 1 is 1.24 bits per heavy atom. The molecular formula is C15H12BrN4O3S2+. The van der Waals surface area contributed by atoms with E-state index in [0.29, 0.717) is 21.7 Å². The van der Waals surface area contributed by atoms with Gasteiger partial charge in [0, 0.05) is 10.0 Å². The van der Waals surface area contributed by atoms with Crippen molar-refractivity contribution in [2.24, 2.45) is 0 Å². The highest BCUT2D eigenvalue weighted by molar-refractivity contribution is 9.10. The summed E-state index contributed by atoms with van der Waals surface area (Å²) in [5.74, 6) is -0.123. The van der Waals surface area contributed by atoms with Crippen molar-refractivity contribution in [3.63, 3.8) is 0 Å². The van der Waals surface area contributed by atoms with Crippen LogP contribution in [0.1, 0.15) is 10.4 Å². The molecule has 0 saturated heterocycles. The number of thiophene rings is 1. The number of benzene rings is 1. The summed E-state index contributed by atoms with van der Waals surface area (Å²) in [7, 11) is 0. The smallest absolute Gasteiger partial charge is 0.344 e. The third-order valence-corrected chi connectivity index (χ3v) is 5.22. The lowest BCUT2D eigenvalue weighted by atomic mass is 10.2. The van der Waals surface area contributed by atoms with Crippen molar-refractivity contribution in [1.29, 1.82) is 0 Å². The van der Waals surface area contributed by atoms with E-state index in [9.17, 15) is 9.59 Å². The molecule has 2 amide bonds. The standard InChI is InChI=1S/C15H11BrN4O3S2/c16-9-3-1-8(2-4-9)13-19-20-15(23-13)25-7-11(21)18-14-10(12(17)22)5-6-24-14/h1-6H,7H2,(H2,17,22)(H,18,21)/p+1. The lowest BCUT2D eigenvalue weighted by molar-refractivity contribution is -0.254. The molecule has 0 saturated carbocycles. The summed E-state index contributed by atoms with van der Waals surface area (Å²) in [5.41, 5.74) is 4.55. The molecule has 0 atom stereocenters. The number of rotatable bonds is 6. The average Bonchev–Trinajstić information content (AvgIpc) is 3.23. The van der Waals surface area contributed by atoms with E-state index in [1.54, 1.807) is 11.4 Å². The van der Waals surface area contributed by atoms with Gasteiger partial charge in [-0.3, -0.25) is 10.5 Å². The molecule has 2 aromatic heterocycles. The summed E-state index contributed by atoms with van der Waals surface area (Å²) >= 11 is 5.76. The first-order valence-electron chi connectivity index (χ1n) is 6.99. The van der Waals surface area contributed by atoms with Crippen molar-refractivity contribution in [2.45, 2.75) is 5.22 Å². The highest BCUT2D eigenvalue weighted by atomic mass is 79.9. The van der Waals surface area contributed by atoms with Crippen LogP contribution in [0.5, 0.6) is 0 Å². The Labute approximate surface area is 159 Å². The number of nitrogens with zero attached hydrogens (tertiary/aromatic N) is 2. The van der Waals surface area contributed by atoms with Crippen LogP contribution in [0.3, 0.4) is 0 Å². The maximum Gasteiger partial charge on any atom is 0.344 e. The minimum Gasteiger partial charge on any atom is -0.411 e. The molecule has 0 radical (unpaired) electrons. The van der Waals surface area contributed by atoms with Gasteiger partial charge in [-0.2, -0.15) is 0 Å². The van der Waals surface area contributed by atoms with Crippen LogP contribution in [0.2, 0.25) is 0 Å². The highest BCUT2D eigenvalue weighted by Gasteiger charge is 2.16. The first kappa shape index (κ1) is 17.8. The number of nitrogens with one attached hydrogen (secondary N) is 1. The first-order valence-corrected chi connectivity index (χ1v) is 9.64. The molecule has 25 heavy (non-hydrogen) atoms. The van der Waals surface area contributed by atoms with Crippen LogP contribution in [-0.2, 0) is 4.79 Å². The minimum atomic E-state index is -0.333. The number of thioether (sulfide) groups is 1. The molecule has 7 nitrogen and oxygen atoms in total. The Morgan fingerprint density at radius 2 is 2.00 bits per heavy atom. The van der Waals surface area contributed by atoms with Crippen LogP contribution >= 0.6 is 39.0 Å². The van der Waals surface area contributed by atoms with E-state index >= 15 is 0 Å². The van der Waals surface area contributed by atoms with Gasteiger partial charge in [0.15, 0.2) is 0 Å². The van der Waals surface area contributed by atoms with Gasteiger partial charge in [-0.15, -0.1) is 21.5 Å². The monoisotopic (exact) mass is 439 g/mol. The number of hydrogen-bond acceptors (Lipinski definition) is 7. The number of carbonyl (C=O) groups is 2. The van der Waals surface area contributed by atoms with Gasteiger partial charge in [0.25, 0.3) is 5.22 Å². The van der Waals surface area contributed by atoms with Crippen LogP contribution in [0.25, 0.3) is 11.5 Å². The molecule has 3 rings (SSSR count). The van der Waals surface area contributed by atoms with Crippen molar-refractivity contribution < 1.29 is 19.7 Å². The van der Waals surface area contributed by atoms with Gasteiger partial charge in [0.05, 0.1) is 5.75 Å². The topological polar surface area (TPSA) is 113 Å². The molecule has 128 valence electrons. The third-order valence-electron chi connectivity index (χ3n) is 3.04. The molecule has 0 unspecified atom stereocenters. The molecule has 0 aliphatic heterocycles. The summed E-state index contributed by atoms with van der Waals surface area (Å²) in [5, 5.41) is 13.1. The molecule has 1 aromatic carbocycles. The molecule has 10 heteroatoms. The summed E-state index contributed by atoms with van der Waals surface area (Å²) in [4.78, 5) is 23.4.